The molecule has 0 saturated carbocycles. The highest BCUT2D eigenvalue weighted by atomic mass is 19.1. The summed E-state index contributed by atoms with van der Waals surface area (Å²) in [6, 6.07) is 3.98. The zero-order valence-corrected chi connectivity index (χ0v) is 14.5. The maximum Gasteiger partial charge on any atom is 0.240 e. The van der Waals surface area contributed by atoms with Gasteiger partial charge in [0.1, 0.15) is 11.9 Å². The molecule has 0 aliphatic carbocycles. The van der Waals surface area contributed by atoms with E-state index in [1.807, 2.05) is 6.92 Å². The molecule has 2 atom stereocenters. The topological polar surface area (TPSA) is 73.8 Å². The molecule has 1 amide bonds. The monoisotopic (exact) mass is 351 g/mol. The fraction of sp³-hybridized carbons (Fsp3) is 0.611. The minimum atomic E-state index is -0.377. The van der Waals surface area contributed by atoms with Crippen molar-refractivity contribution in [3.8, 4) is 0 Å². The smallest absolute Gasteiger partial charge is 0.240 e. The van der Waals surface area contributed by atoms with Crippen LogP contribution < -0.4 is 15.5 Å². The molecule has 0 aromatic heterocycles. The summed E-state index contributed by atoms with van der Waals surface area (Å²) in [5.41, 5.74) is 1.66. The molecule has 0 spiro atoms. The van der Waals surface area contributed by atoms with E-state index >= 15 is 0 Å². The highest BCUT2D eigenvalue weighted by Gasteiger charge is 2.25. The number of benzene rings is 1. The Bertz CT molecular complexity index is 599. The van der Waals surface area contributed by atoms with Crippen LogP contribution in [0.15, 0.2) is 18.2 Å². The third-order valence-corrected chi connectivity index (χ3v) is 4.86. The van der Waals surface area contributed by atoms with Gasteiger partial charge in [-0.15, -0.1) is 0 Å². The molecule has 6 nitrogen and oxygen atoms in total. The van der Waals surface area contributed by atoms with Crippen molar-refractivity contribution in [2.24, 2.45) is 0 Å². The van der Waals surface area contributed by atoms with Crippen LogP contribution >= 0.6 is 0 Å². The first-order valence-corrected chi connectivity index (χ1v) is 8.88. The summed E-state index contributed by atoms with van der Waals surface area (Å²) < 4.78 is 19.1. The molecule has 7 heteroatoms. The van der Waals surface area contributed by atoms with Crippen molar-refractivity contribution in [3.05, 3.63) is 29.6 Å². The summed E-state index contributed by atoms with van der Waals surface area (Å²) in [5, 5.41) is 15.8. The van der Waals surface area contributed by atoms with Gasteiger partial charge >= 0.3 is 0 Å². The number of morpholine rings is 1. The molecule has 138 valence electrons. The first-order valence-electron chi connectivity index (χ1n) is 8.88. The second-order valence-corrected chi connectivity index (χ2v) is 6.73. The number of nitrogens with zero attached hydrogens (tertiary/aromatic N) is 1. The van der Waals surface area contributed by atoms with Gasteiger partial charge in [0.15, 0.2) is 0 Å². The quantitative estimate of drug-likeness (QED) is 0.753. The van der Waals surface area contributed by atoms with Crippen molar-refractivity contribution < 1.29 is 19.0 Å². The lowest BCUT2D eigenvalue weighted by Crippen LogP contribution is -2.51. The molecule has 25 heavy (non-hydrogen) atoms. The van der Waals surface area contributed by atoms with Crippen LogP contribution in [-0.4, -0.2) is 56.0 Å². The number of rotatable bonds is 4. The highest BCUT2D eigenvalue weighted by Crippen LogP contribution is 2.29. The number of nitrogens with one attached hydrogen (secondary N) is 2. The van der Waals surface area contributed by atoms with E-state index < -0.39 is 0 Å². The Balaban J connectivity index is 1.73. The zero-order chi connectivity index (χ0) is 17.8. The minimum Gasteiger partial charge on any atom is -0.393 e. The Morgan fingerprint density at radius 2 is 2.20 bits per heavy atom. The molecule has 3 rings (SSSR count). The summed E-state index contributed by atoms with van der Waals surface area (Å²) >= 11 is 0. The van der Waals surface area contributed by atoms with Gasteiger partial charge in [-0.25, -0.2) is 4.39 Å². The predicted molar refractivity (Wildman–Crippen MR) is 93.0 cm³/mol. The molecule has 2 heterocycles. The molecule has 2 saturated heterocycles. The maximum atomic E-state index is 13.8. The third-order valence-electron chi connectivity index (χ3n) is 4.86. The van der Waals surface area contributed by atoms with Crippen molar-refractivity contribution in [3.63, 3.8) is 0 Å². The number of carbonyl (C=O) groups excluding carboxylic acids is 1. The molecule has 0 unspecified atom stereocenters. The van der Waals surface area contributed by atoms with Gasteiger partial charge in [-0.1, -0.05) is 0 Å². The molecule has 0 bridgehead atoms. The van der Waals surface area contributed by atoms with Crippen LogP contribution in [0.4, 0.5) is 10.1 Å². The normalized spacial score (nSPS) is 23.3. The van der Waals surface area contributed by atoms with E-state index in [9.17, 15) is 14.3 Å². The third kappa shape index (κ3) is 4.48. The molecular weight excluding hydrogens is 325 g/mol. The number of hydrogen-bond acceptors (Lipinski definition) is 5. The number of aliphatic hydroxyl groups is 1. The van der Waals surface area contributed by atoms with Crippen LogP contribution in [-0.2, 0) is 9.53 Å². The second kappa shape index (κ2) is 8.12. The van der Waals surface area contributed by atoms with Crippen LogP contribution in [0.25, 0.3) is 0 Å². The van der Waals surface area contributed by atoms with Crippen LogP contribution in [0.2, 0.25) is 0 Å². The molecular formula is C18H26FN3O3. The van der Waals surface area contributed by atoms with Gasteiger partial charge in [-0.05, 0) is 38.0 Å². The number of aliphatic hydroxyl groups excluding tert-OH is 1. The van der Waals surface area contributed by atoms with Crippen molar-refractivity contribution in [1.82, 2.24) is 10.6 Å². The van der Waals surface area contributed by atoms with Crippen LogP contribution in [0, 0.1) is 5.82 Å². The Morgan fingerprint density at radius 3 is 2.88 bits per heavy atom. The van der Waals surface area contributed by atoms with Gasteiger partial charge in [0.05, 0.1) is 25.4 Å². The largest absolute Gasteiger partial charge is 0.393 e. The van der Waals surface area contributed by atoms with Crippen LogP contribution in [0.1, 0.15) is 31.4 Å². The van der Waals surface area contributed by atoms with E-state index in [1.165, 1.54) is 12.1 Å². The fourth-order valence-corrected chi connectivity index (χ4v) is 3.39. The Morgan fingerprint density at radius 1 is 1.44 bits per heavy atom. The summed E-state index contributed by atoms with van der Waals surface area (Å²) in [6.45, 7) is 4.90. The van der Waals surface area contributed by atoms with E-state index in [4.69, 9.17) is 4.74 Å². The van der Waals surface area contributed by atoms with E-state index in [-0.39, 0.29) is 29.9 Å². The lowest BCUT2D eigenvalue weighted by atomic mass is 10.0. The molecule has 2 aliphatic rings. The Kier molecular flexibility index (Phi) is 5.88. The minimum absolute atomic E-state index is 0.142. The van der Waals surface area contributed by atoms with Gasteiger partial charge in [-0.2, -0.15) is 0 Å². The van der Waals surface area contributed by atoms with Crippen LogP contribution in [0.5, 0.6) is 0 Å². The predicted octanol–water partition coefficient (Wildman–Crippen LogP) is 0.952. The average Bonchev–Trinajstić information content (AvgIpc) is 2.63. The number of piperidine rings is 1. The standard InChI is InChI=1S/C18H26FN3O3/c1-12(21-18(24)16-11-25-9-6-20-16)15-10-13(19)2-3-17(15)22-7-4-14(23)5-8-22/h2-3,10,12,14,16,20,23H,4-9,11H2,1H3,(H,21,24)/t12-,16+/m1/s1. The second-order valence-electron chi connectivity index (χ2n) is 6.73. The van der Waals surface area contributed by atoms with Gasteiger partial charge in [-0.3, -0.25) is 4.79 Å². The highest BCUT2D eigenvalue weighted by molar-refractivity contribution is 5.82. The van der Waals surface area contributed by atoms with Crippen LogP contribution in [0.3, 0.4) is 0 Å². The lowest BCUT2D eigenvalue weighted by molar-refractivity contribution is -0.126. The van der Waals surface area contributed by atoms with Crippen molar-refractivity contribution >= 4 is 11.6 Å². The molecule has 1 aromatic rings. The van der Waals surface area contributed by atoms with E-state index in [0.29, 0.717) is 32.6 Å². The number of ether oxygens (including phenoxy) is 1. The molecule has 3 N–H and O–H groups in total. The number of anilines is 1. The molecule has 0 radical (unpaired) electrons. The SMILES string of the molecule is C[C@@H](NC(=O)[C@@H]1COCCN1)c1cc(F)ccc1N1CCC(O)CC1. The maximum absolute atomic E-state index is 13.8. The molecule has 1 aromatic carbocycles. The van der Waals surface area contributed by atoms with Crippen molar-refractivity contribution in [2.45, 2.75) is 38.0 Å². The van der Waals surface area contributed by atoms with Gasteiger partial charge in [0, 0.05) is 30.9 Å². The van der Waals surface area contributed by atoms with E-state index in [2.05, 4.69) is 15.5 Å². The molecule has 2 aliphatic heterocycles. The van der Waals surface area contributed by atoms with Gasteiger partial charge in [0.25, 0.3) is 0 Å². The first-order chi connectivity index (χ1) is 12.0. The average molecular weight is 351 g/mol. The van der Waals surface area contributed by atoms with E-state index in [1.54, 1.807) is 6.07 Å². The van der Waals surface area contributed by atoms with E-state index in [0.717, 1.165) is 24.3 Å². The van der Waals surface area contributed by atoms with Gasteiger partial charge < -0.3 is 25.4 Å². The first kappa shape index (κ1) is 18.1. The zero-order valence-electron chi connectivity index (χ0n) is 14.5. The Labute approximate surface area is 147 Å². The lowest BCUT2D eigenvalue weighted by Gasteiger charge is -2.34. The number of carbonyl (C=O) groups is 1. The number of amides is 1. The summed E-state index contributed by atoms with van der Waals surface area (Å²) in [5.74, 6) is -0.465. The molecule has 2 fully saturated rings. The van der Waals surface area contributed by atoms with Crippen molar-refractivity contribution in [2.75, 3.05) is 37.7 Å². The summed E-state index contributed by atoms with van der Waals surface area (Å²) in [4.78, 5) is 14.5. The number of hydrogen-bond donors (Lipinski definition) is 3. The summed E-state index contributed by atoms with van der Waals surface area (Å²) in [7, 11) is 0. The summed E-state index contributed by atoms with van der Waals surface area (Å²) in [6.07, 6.45) is 1.12. The van der Waals surface area contributed by atoms with Gasteiger partial charge in [0.2, 0.25) is 5.91 Å². The number of halogens is 1. The van der Waals surface area contributed by atoms with Crippen molar-refractivity contribution in [1.29, 1.82) is 0 Å². The Hall–Kier alpha value is -1.70. The fourth-order valence-electron chi connectivity index (χ4n) is 3.39.